The Kier molecular flexibility index (Phi) is 10.3. The third-order valence-electron chi connectivity index (χ3n) is 12.0. The molecule has 0 radical (unpaired) electrons. The molecule has 0 amide bonds. The fourth-order valence-corrected chi connectivity index (χ4v) is 8.42. The average molecular weight is 868 g/mol. The van der Waals surface area contributed by atoms with Gasteiger partial charge in [-0.25, -0.2) is 14.0 Å². The first-order valence-electron chi connectivity index (χ1n) is 21.6. The predicted octanol–water partition coefficient (Wildman–Crippen LogP) is 10.5. The van der Waals surface area contributed by atoms with Crippen molar-refractivity contribution in [3.8, 4) is 17.1 Å². The summed E-state index contributed by atoms with van der Waals surface area (Å²) >= 11 is 0. The van der Waals surface area contributed by atoms with Gasteiger partial charge in [-0.2, -0.15) is 0 Å². The van der Waals surface area contributed by atoms with Gasteiger partial charge in [-0.15, -0.1) is 0 Å². The van der Waals surface area contributed by atoms with Gasteiger partial charge in [0.15, 0.2) is 0 Å². The molecule has 12 heteroatoms. The summed E-state index contributed by atoms with van der Waals surface area (Å²) in [5.41, 5.74) is 14.3. The topological polar surface area (TPSA) is 152 Å². The molecule has 0 fully saturated rings. The van der Waals surface area contributed by atoms with Crippen molar-refractivity contribution in [1.82, 2.24) is 44.3 Å². The first-order chi connectivity index (χ1) is 31.9. The quantitative estimate of drug-likeness (QED) is 0.161. The van der Waals surface area contributed by atoms with E-state index in [1.165, 1.54) is 0 Å². The number of hydrogen-bond donors (Lipinski definition) is 3. The number of H-pyrrole nitrogens is 3. The highest BCUT2D eigenvalue weighted by molar-refractivity contribution is 6.04. The lowest BCUT2D eigenvalue weighted by molar-refractivity contribution is 0.857. The number of fused-ring (bicyclic) bond motifs is 9. The SMILES string of the molecule is Cc1ccc(-n2[nH]c3c(cnc4cc(C)ccc43)c2=O)cc1.Cc1ccc2c(c1)ncc1c(=O)n(-c3ccccc3C)[nH]c12.Cc1cccc(-n2[nH]c3c(cnc4cc(C)ccc43)c2=O)c1. The second-order valence-corrected chi connectivity index (χ2v) is 16.9. The highest BCUT2D eigenvalue weighted by Crippen LogP contribution is 2.25. The van der Waals surface area contributed by atoms with Crippen LogP contribution in [-0.2, 0) is 0 Å². The van der Waals surface area contributed by atoms with Gasteiger partial charge in [0.05, 0.1) is 66.3 Å². The van der Waals surface area contributed by atoms with Crippen LogP contribution >= 0.6 is 0 Å². The molecule has 66 heavy (non-hydrogen) atoms. The minimum absolute atomic E-state index is 0.0701. The summed E-state index contributed by atoms with van der Waals surface area (Å²) in [6.45, 7) is 12.1. The Morgan fingerprint density at radius 2 is 0.773 bits per heavy atom. The highest BCUT2D eigenvalue weighted by Gasteiger charge is 2.15. The summed E-state index contributed by atoms with van der Waals surface area (Å²) in [5.74, 6) is 0. The van der Waals surface area contributed by atoms with E-state index in [2.05, 4.69) is 30.2 Å². The van der Waals surface area contributed by atoms with Crippen LogP contribution in [0, 0.1) is 41.5 Å². The summed E-state index contributed by atoms with van der Waals surface area (Å²) < 4.78 is 4.75. The molecule has 12 aromatic rings. The van der Waals surface area contributed by atoms with E-state index in [1.807, 2.05) is 169 Å². The number of nitrogens with one attached hydrogen (secondary N) is 3. The standard InChI is InChI=1S/3C18H15N3O/c1-11-3-6-13(7-4-11)21-18(22)15-10-19-16-9-12(2)5-8-14(16)17(15)20-21;1-11-4-3-5-13(8-11)21-18(22)15-10-19-16-9-12(2)6-7-14(16)17(15)20-21;1-11-7-8-13-15(9-11)19-10-14-17(13)20-21(18(14)22)16-6-4-3-5-12(16)2/h3*3-10,20H,1-2H3. The third-order valence-corrected chi connectivity index (χ3v) is 12.0. The minimum Gasteiger partial charge on any atom is -0.290 e. The number of hydrogen-bond acceptors (Lipinski definition) is 6. The van der Waals surface area contributed by atoms with E-state index >= 15 is 0 Å². The lowest BCUT2D eigenvalue weighted by atomic mass is 10.1. The molecule has 12 nitrogen and oxygen atoms in total. The molecule has 0 saturated carbocycles. The Morgan fingerprint density at radius 1 is 0.364 bits per heavy atom. The molecule has 0 unspecified atom stereocenters. The molecule has 3 N–H and O–H groups in total. The van der Waals surface area contributed by atoms with Crippen molar-refractivity contribution >= 4 is 65.4 Å². The van der Waals surface area contributed by atoms with Crippen molar-refractivity contribution in [2.45, 2.75) is 41.5 Å². The highest BCUT2D eigenvalue weighted by atomic mass is 16.1. The normalized spacial score (nSPS) is 11.4. The number of aryl methyl sites for hydroxylation is 6. The smallest absolute Gasteiger partial charge is 0.280 e. The minimum atomic E-state index is -0.0752. The number of aromatic nitrogens is 9. The van der Waals surface area contributed by atoms with Crippen LogP contribution in [0.15, 0.2) is 160 Å². The zero-order valence-electron chi connectivity index (χ0n) is 37.3. The summed E-state index contributed by atoms with van der Waals surface area (Å²) in [4.78, 5) is 51.2. The van der Waals surface area contributed by atoms with Crippen LogP contribution in [0.1, 0.15) is 33.4 Å². The molecule has 0 bridgehead atoms. The van der Waals surface area contributed by atoms with Gasteiger partial charge in [-0.1, -0.05) is 84.4 Å². The fourth-order valence-electron chi connectivity index (χ4n) is 8.42. The molecule has 0 atom stereocenters. The molecular formula is C54H45N9O3. The molecule has 6 aromatic heterocycles. The fraction of sp³-hybridized carbons (Fsp3) is 0.111. The van der Waals surface area contributed by atoms with E-state index in [-0.39, 0.29) is 16.7 Å². The summed E-state index contributed by atoms with van der Waals surface area (Å²) in [5, 5.41) is 14.4. The molecular weight excluding hydrogens is 823 g/mol. The van der Waals surface area contributed by atoms with Crippen LogP contribution in [0.2, 0.25) is 0 Å². The van der Waals surface area contributed by atoms with Crippen LogP contribution in [-0.4, -0.2) is 44.3 Å². The lowest BCUT2D eigenvalue weighted by Gasteiger charge is -2.04. The van der Waals surface area contributed by atoms with Crippen molar-refractivity contribution in [3.05, 3.63) is 210 Å². The molecule has 6 aromatic carbocycles. The van der Waals surface area contributed by atoms with Gasteiger partial charge < -0.3 is 0 Å². The summed E-state index contributed by atoms with van der Waals surface area (Å²) in [6.07, 6.45) is 4.97. The van der Waals surface area contributed by atoms with Crippen LogP contribution < -0.4 is 16.7 Å². The van der Waals surface area contributed by atoms with Crippen LogP contribution in [0.3, 0.4) is 0 Å². The van der Waals surface area contributed by atoms with E-state index in [9.17, 15) is 14.4 Å². The second-order valence-electron chi connectivity index (χ2n) is 16.9. The van der Waals surface area contributed by atoms with Gasteiger partial charge in [0.2, 0.25) is 0 Å². The van der Waals surface area contributed by atoms with Gasteiger partial charge >= 0.3 is 0 Å². The first-order valence-corrected chi connectivity index (χ1v) is 21.6. The predicted molar refractivity (Wildman–Crippen MR) is 266 cm³/mol. The Labute approximate surface area is 377 Å². The Balaban J connectivity index is 0.000000116. The van der Waals surface area contributed by atoms with Gasteiger partial charge in [0.25, 0.3) is 16.7 Å². The van der Waals surface area contributed by atoms with Crippen molar-refractivity contribution in [3.63, 3.8) is 0 Å². The molecule has 6 heterocycles. The number of para-hydroxylation sites is 1. The Bertz CT molecular complexity index is 4030. The van der Waals surface area contributed by atoms with Crippen LogP contribution in [0.4, 0.5) is 0 Å². The van der Waals surface area contributed by atoms with E-state index in [1.54, 1.807) is 32.6 Å². The molecule has 0 aliphatic rings. The maximum Gasteiger partial charge on any atom is 0.280 e. The van der Waals surface area contributed by atoms with Crippen LogP contribution in [0.5, 0.6) is 0 Å². The molecule has 0 aliphatic carbocycles. The van der Waals surface area contributed by atoms with Crippen LogP contribution in [0.25, 0.3) is 82.5 Å². The van der Waals surface area contributed by atoms with E-state index < -0.39 is 0 Å². The summed E-state index contributed by atoms with van der Waals surface area (Å²) in [7, 11) is 0. The second kappa shape index (κ2) is 16.5. The van der Waals surface area contributed by atoms with Gasteiger partial charge in [0, 0.05) is 34.7 Å². The lowest BCUT2D eigenvalue weighted by Crippen LogP contribution is -2.15. The number of aromatic amines is 3. The number of nitrogens with zero attached hydrogens (tertiary/aromatic N) is 6. The molecule has 0 aliphatic heterocycles. The number of rotatable bonds is 3. The van der Waals surface area contributed by atoms with Crippen molar-refractivity contribution in [2.24, 2.45) is 0 Å². The average Bonchev–Trinajstić information content (AvgIpc) is 3.96. The summed E-state index contributed by atoms with van der Waals surface area (Å²) in [6, 6.07) is 41.8. The molecule has 0 spiro atoms. The maximum absolute atomic E-state index is 12.7. The Hall–Kier alpha value is -8.64. The number of pyridine rings is 3. The van der Waals surface area contributed by atoms with E-state index in [0.717, 1.165) is 99.7 Å². The van der Waals surface area contributed by atoms with Crippen molar-refractivity contribution < 1.29 is 0 Å². The maximum atomic E-state index is 12.7. The van der Waals surface area contributed by atoms with Crippen molar-refractivity contribution in [1.29, 1.82) is 0 Å². The zero-order valence-corrected chi connectivity index (χ0v) is 37.3. The molecule has 0 saturated heterocycles. The monoisotopic (exact) mass is 867 g/mol. The van der Waals surface area contributed by atoms with Crippen molar-refractivity contribution in [2.75, 3.05) is 0 Å². The first kappa shape index (κ1) is 41.4. The Morgan fingerprint density at radius 3 is 1.24 bits per heavy atom. The third kappa shape index (κ3) is 7.43. The van der Waals surface area contributed by atoms with Gasteiger partial charge in [-0.3, -0.25) is 44.6 Å². The number of benzene rings is 6. The van der Waals surface area contributed by atoms with E-state index in [4.69, 9.17) is 0 Å². The van der Waals surface area contributed by atoms with Gasteiger partial charge in [-0.05, 0) is 118 Å². The van der Waals surface area contributed by atoms with E-state index in [0.29, 0.717) is 16.2 Å². The molecule has 12 rings (SSSR count). The molecule has 324 valence electrons. The largest absolute Gasteiger partial charge is 0.290 e. The zero-order chi connectivity index (χ0) is 45.8. The van der Waals surface area contributed by atoms with Gasteiger partial charge in [0.1, 0.15) is 0 Å².